The summed E-state index contributed by atoms with van der Waals surface area (Å²) in [6.07, 6.45) is 0.446. The Morgan fingerprint density at radius 1 is 0.870 bits per heavy atom. The zero-order valence-corrected chi connectivity index (χ0v) is 30.3. The summed E-state index contributed by atoms with van der Waals surface area (Å²) in [4.78, 5) is 21.5. The van der Waals surface area contributed by atoms with E-state index in [-0.39, 0.29) is 11.7 Å². The largest absolute Gasteiger partial charge is 0.399 e. The van der Waals surface area contributed by atoms with Gasteiger partial charge in [-0.1, -0.05) is 75.9 Å². The quantitative estimate of drug-likeness (QED) is 0.0448. The van der Waals surface area contributed by atoms with Gasteiger partial charge in [-0.2, -0.15) is 0 Å². The van der Waals surface area contributed by atoms with Crippen molar-refractivity contribution in [3.05, 3.63) is 70.0 Å². The van der Waals surface area contributed by atoms with Crippen molar-refractivity contribution >= 4 is 75.8 Å². The molecule has 0 fully saturated rings. The Morgan fingerprint density at radius 2 is 1.37 bits per heavy atom. The summed E-state index contributed by atoms with van der Waals surface area (Å²) in [6.45, 7) is 14.1. The third-order valence-corrected chi connectivity index (χ3v) is 8.14. The number of hydrogen-bond acceptors (Lipinski definition) is 10. The van der Waals surface area contributed by atoms with Gasteiger partial charge in [0.15, 0.2) is 9.93 Å². The second kappa shape index (κ2) is 21.4. The van der Waals surface area contributed by atoms with Crippen molar-refractivity contribution in [1.82, 2.24) is 29.5 Å². The number of halogens is 2. The van der Waals surface area contributed by atoms with E-state index >= 15 is 0 Å². The number of nitrogens with zero attached hydrogens (tertiary/aromatic N) is 5. The molecule has 4 aromatic rings. The summed E-state index contributed by atoms with van der Waals surface area (Å²) in [5, 5.41) is 14.3. The van der Waals surface area contributed by atoms with E-state index in [1.807, 2.05) is 38.1 Å². The van der Waals surface area contributed by atoms with Crippen LogP contribution in [-0.4, -0.2) is 52.2 Å². The van der Waals surface area contributed by atoms with Crippen LogP contribution in [0, 0.1) is 4.77 Å². The molecule has 0 bridgehead atoms. The molecule has 46 heavy (non-hydrogen) atoms. The lowest BCUT2D eigenvalue weighted by Gasteiger charge is -2.07. The normalized spacial score (nSPS) is 10.3. The molecule has 4 rings (SSSR count). The van der Waals surface area contributed by atoms with Crippen LogP contribution in [0.5, 0.6) is 0 Å². The second-order valence-electron chi connectivity index (χ2n) is 10.4. The number of H-pyrrole nitrogens is 1. The number of nitrogens with two attached hydrogens (primary N) is 3. The van der Waals surface area contributed by atoms with Crippen molar-refractivity contribution in [3.63, 3.8) is 0 Å². The molecule has 0 saturated heterocycles. The maximum Gasteiger partial charge on any atom is 0.236 e. The van der Waals surface area contributed by atoms with Gasteiger partial charge in [0.05, 0.1) is 11.6 Å². The van der Waals surface area contributed by atoms with E-state index in [1.165, 1.54) is 22.9 Å². The molecule has 252 valence electrons. The number of benzene rings is 2. The molecule has 7 N–H and O–H groups in total. The van der Waals surface area contributed by atoms with Crippen LogP contribution in [0.1, 0.15) is 70.1 Å². The van der Waals surface area contributed by atoms with Crippen molar-refractivity contribution < 1.29 is 9.59 Å². The Labute approximate surface area is 290 Å². The van der Waals surface area contributed by atoms with E-state index in [9.17, 15) is 9.59 Å². The molecule has 11 nitrogen and oxygen atoms in total. The summed E-state index contributed by atoms with van der Waals surface area (Å²) < 4.78 is 4.10. The number of hydrogen-bond donors (Lipinski definition) is 4. The average Bonchev–Trinajstić information content (AvgIpc) is 3.56. The average molecular weight is 711 g/mol. The Balaban J connectivity index is 0.000000363. The van der Waals surface area contributed by atoms with Crippen LogP contribution in [0.2, 0.25) is 0 Å². The highest BCUT2D eigenvalue weighted by Crippen LogP contribution is 2.19. The number of carbonyl (C=O) groups is 2. The van der Waals surface area contributed by atoms with E-state index in [0.29, 0.717) is 52.4 Å². The van der Waals surface area contributed by atoms with Gasteiger partial charge in [0.1, 0.15) is 5.78 Å². The SMILES string of the molecule is CC(C)c1ccc(N)cc1.CCn1c(N)n[nH]c1=S.CCn1c(N)nnc1SCC(=O)Cc1ccc(C(C)C)cc1.O=C(Cl)CCl. The second-order valence-corrected chi connectivity index (χ2v) is 12.4. The fourth-order valence-corrected chi connectivity index (χ4v) is 4.80. The number of aromatic nitrogens is 6. The monoisotopic (exact) mass is 709 g/mol. The van der Waals surface area contributed by atoms with Crippen molar-refractivity contribution in [3.8, 4) is 0 Å². The number of anilines is 3. The molecule has 0 spiro atoms. The third kappa shape index (κ3) is 14.8. The van der Waals surface area contributed by atoms with Crippen molar-refractivity contribution in [2.75, 3.05) is 28.8 Å². The fraction of sp³-hybridized carbons (Fsp3) is 0.419. The predicted molar refractivity (Wildman–Crippen MR) is 194 cm³/mol. The number of thioether (sulfide) groups is 1. The van der Waals surface area contributed by atoms with Gasteiger partial charge in [-0.3, -0.25) is 18.7 Å². The van der Waals surface area contributed by atoms with Crippen LogP contribution in [0.3, 0.4) is 0 Å². The maximum absolute atomic E-state index is 12.1. The minimum atomic E-state index is -0.508. The number of nitrogen functional groups attached to an aromatic ring is 3. The van der Waals surface area contributed by atoms with Crippen LogP contribution in [-0.2, 0) is 29.1 Å². The Bertz CT molecular complexity index is 1530. The van der Waals surface area contributed by atoms with Gasteiger partial charge >= 0.3 is 0 Å². The van der Waals surface area contributed by atoms with E-state index in [1.54, 1.807) is 9.13 Å². The Kier molecular flexibility index (Phi) is 18.9. The van der Waals surface area contributed by atoms with Crippen LogP contribution in [0.25, 0.3) is 0 Å². The zero-order chi connectivity index (χ0) is 34.8. The van der Waals surface area contributed by atoms with E-state index < -0.39 is 5.24 Å². The summed E-state index contributed by atoms with van der Waals surface area (Å²) >= 11 is 15.8. The summed E-state index contributed by atoms with van der Waals surface area (Å²) in [5.74, 6) is 2.40. The molecule has 0 saturated carbocycles. The van der Waals surface area contributed by atoms with Crippen molar-refractivity contribution in [2.24, 2.45) is 0 Å². The first-order chi connectivity index (χ1) is 21.7. The van der Waals surface area contributed by atoms with Crippen LogP contribution in [0.4, 0.5) is 17.6 Å². The van der Waals surface area contributed by atoms with Gasteiger partial charge in [-0.15, -0.1) is 26.9 Å². The van der Waals surface area contributed by atoms with Gasteiger partial charge in [0, 0.05) is 25.2 Å². The highest BCUT2D eigenvalue weighted by atomic mass is 35.5. The lowest BCUT2D eigenvalue weighted by atomic mass is 10.0. The molecule has 0 aliphatic heterocycles. The van der Waals surface area contributed by atoms with Gasteiger partial charge in [-0.25, -0.2) is 5.10 Å². The van der Waals surface area contributed by atoms with Crippen LogP contribution in [0.15, 0.2) is 53.7 Å². The number of alkyl halides is 1. The van der Waals surface area contributed by atoms with Gasteiger partial charge < -0.3 is 17.2 Å². The number of Topliss-reactive ketones (excluding diaryl/α,β-unsaturated/α-hetero) is 1. The number of nitrogens with one attached hydrogen (secondary N) is 1. The number of aromatic amines is 1. The summed E-state index contributed by atoms with van der Waals surface area (Å²) in [5.41, 5.74) is 21.2. The Morgan fingerprint density at radius 3 is 1.76 bits per heavy atom. The number of carbonyl (C=O) groups excluding carboxylic acids is 2. The van der Waals surface area contributed by atoms with Crippen molar-refractivity contribution in [2.45, 2.75) is 78.0 Å². The predicted octanol–water partition coefficient (Wildman–Crippen LogP) is 6.83. The molecule has 0 radical (unpaired) electrons. The summed E-state index contributed by atoms with van der Waals surface area (Å²) in [6, 6.07) is 16.3. The smallest absolute Gasteiger partial charge is 0.236 e. The topological polar surface area (TPSA) is 177 Å². The van der Waals surface area contributed by atoms with Gasteiger partial charge in [0.25, 0.3) is 0 Å². The molecule has 2 aromatic carbocycles. The molecule has 0 unspecified atom stereocenters. The highest BCUT2D eigenvalue weighted by molar-refractivity contribution is 7.99. The first-order valence-corrected chi connectivity index (χ1v) is 17.0. The molecule has 0 amide bonds. The standard InChI is InChI=1S/C16H22N4OS.C9H13N.C4H8N4S.C2H2Cl2O/c1-4-20-15(17)18-19-16(20)22-10-14(21)9-12-5-7-13(8-6-12)11(2)3;1-7(2)8-3-5-9(10)6-4-8;1-2-8-3(5)6-7-4(8)9;3-1-2(4)5/h5-8,11H,4,9-10H2,1-3H3,(H2,17,18);3-7H,10H2,1-2H3;2H2,1H3,(H2,5,6)(H,7,9);1H2. The minimum absolute atomic E-state index is 0.0957. The molecule has 2 aromatic heterocycles. The van der Waals surface area contributed by atoms with Gasteiger partial charge in [0.2, 0.25) is 17.1 Å². The lowest BCUT2D eigenvalue weighted by molar-refractivity contribution is -0.116. The summed E-state index contributed by atoms with van der Waals surface area (Å²) in [7, 11) is 0. The molecule has 0 atom stereocenters. The van der Waals surface area contributed by atoms with Crippen LogP contribution >= 0.6 is 47.2 Å². The zero-order valence-electron chi connectivity index (χ0n) is 27.2. The molecule has 0 aliphatic carbocycles. The molecule has 2 heterocycles. The lowest BCUT2D eigenvalue weighted by Crippen LogP contribution is -2.08. The van der Waals surface area contributed by atoms with Crippen LogP contribution < -0.4 is 17.2 Å². The van der Waals surface area contributed by atoms with Gasteiger partial charge in [-0.05, 0) is 78.3 Å². The minimum Gasteiger partial charge on any atom is -0.399 e. The van der Waals surface area contributed by atoms with E-state index in [4.69, 9.17) is 52.6 Å². The highest BCUT2D eigenvalue weighted by Gasteiger charge is 2.12. The first kappa shape index (κ1) is 40.6. The van der Waals surface area contributed by atoms with E-state index in [2.05, 4.69) is 72.4 Å². The molecule has 15 heteroatoms. The Hall–Kier alpha value is -3.39. The first-order valence-electron chi connectivity index (χ1n) is 14.7. The fourth-order valence-electron chi connectivity index (χ4n) is 3.66. The molecule has 0 aliphatic rings. The third-order valence-electron chi connectivity index (χ3n) is 6.28. The molecular formula is C31H45Cl2N9O2S2. The maximum atomic E-state index is 12.1. The van der Waals surface area contributed by atoms with Crippen molar-refractivity contribution in [1.29, 1.82) is 0 Å². The van der Waals surface area contributed by atoms with E-state index in [0.717, 1.165) is 17.8 Å². The number of rotatable bonds is 10. The number of ketones is 1. The molecular weight excluding hydrogens is 665 g/mol.